The second-order valence-electron chi connectivity index (χ2n) is 5.41. The van der Waals surface area contributed by atoms with Gasteiger partial charge in [0.1, 0.15) is 5.82 Å². The first-order chi connectivity index (χ1) is 10.2. The molecule has 1 aliphatic rings. The Hall–Kier alpha value is -2.31. The highest BCUT2D eigenvalue weighted by atomic mass is 16.2. The highest BCUT2D eigenvalue weighted by Crippen LogP contribution is 2.29. The fraction of sp³-hybridized carbons (Fsp3) is 0.500. The van der Waals surface area contributed by atoms with Crippen LogP contribution in [0.2, 0.25) is 0 Å². The van der Waals surface area contributed by atoms with Gasteiger partial charge in [-0.2, -0.15) is 10.2 Å². The normalized spacial score (nSPS) is 15.9. The molecule has 1 aliphatic carbocycles. The summed E-state index contributed by atoms with van der Waals surface area (Å²) in [5.41, 5.74) is 0. The maximum atomic E-state index is 12.0. The van der Waals surface area contributed by atoms with Gasteiger partial charge in [-0.1, -0.05) is 19.3 Å². The van der Waals surface area contributed by atoms with Crippen molar-refractivity contribution in [2.45, 2.75) is 38.1 Å². The minimum Gasteiger partial charge on any atom is -0.292 e. The molecule has 7 heteroatoms. The number of carbonyl (C=O) groups excluding carboxylic acids is 1. The van der Waals surface area contributed by atoms with Crippen molar-refractivity contribution in [3.05, 3.63) is 24.5 Å². The number of nitrogens with zero attached hydrogens (tertiary/aromatic N) is 4. The molecule has 0 atom stereocenters. The number of urea groups is 1. The SMILES string of the molecule is Cn1ccc(NC(=O)Nc2ccnn2C2CCCCC2)n1. The number of carbonyl (C=O) groups is 1. The first-order valence-corrected chi connectivity index (χ1v) is 7.33. The lowest BCUT2D eigenvalue weighted by molar-refractivity contribution is 0.261. The van der Waals surface area contributed by atoms with Crippen LogP contribution in [0.25, 0.3) is 0 Å². The predicted molar refractivity (Wildman–Crippen MR) is 80.2 cm³/mol. The molecule has 0 bridgehead atoms. The van der Waals surface area contributed by atoms with Crippen LogP contribution in [0.5, 0.6) is 0 Å². The monoisotopic (exact) mass is 288 g/mol. The summed E-state index contributed by atoms with van der Waals surface area (Å²) < 4.78 is 3.57. The van der Waals surface area contributed by atoms with Crippen LogP contribution in [0.4, 0.5) is 16.4 Å². The molecule has 2 aromatic heterocycles. The summed E-state index contributed by atoms with van der Waals surface area (Å²) >= 11 is 0. The molecule has 0 unspecified atom stereocenters. The number of aryl methyl sites for hydroxylation is 1. The van der Waals surface area contributed by atoms with E-state index in [9.17, 15) is 4.79 Å². The number of amides is 2. The minimum absolute atomic E-state index is 0.300. The summed E-state index contributed by atoms with van der Waals surface area (Å²) in [7, 11) is 1.81. The lowest BCUT2D eigenvalue weighted by Gasteiger charge is -2.23. The molecule has 7 nitrogen and oxygen atoms in total. The van der Waals surface area contributed by atoms with Crippen molar-refractivity contribution in [2.75, 3.05) is 10.6 Å². The number of anilines is 2. The van der Waals surface area contributed by atoms with Gasteiger partial charge in [0.25, 0.3) is 0 Å². The highest BCUT2D eigenvalue weighted by Gasteiger charge is 2.19. The molecule has 0 saturated heterocycles. The summed E-state index contributed by atoms with van der Waals surface area (Å²) in [5.74, 6) is 1.26. The summed E-state index contributed by atoms with van der Waals surface area (Å²) in [6, 6.07) is 3.66. The summed E-state index contributed by atoms with van der Waals surface area (Å²) in [4.78, 5) is 12.0. The molecule has 2 heterocycles. The van der Waals surface area contributed by atoms with Gasteiger partial charge in [0.15, 0.2) is 5.82 Å². The van der Waals surface area contributed by atoms with E-state index in [4.69, 9.17) is 0 Å². The van der Waals surface area contributed by atoms with Gasteiger partial charge in [-0.25, -0.2) is 9.48 Å². The predicted octanol–water partition coefficient (Wildman–Crippen LogP) is 2.77. The van der Waals surface area contributed by atoms with Crippen LogP contribution < -0.4 is 10.6 Å². The average Bonchev–Trinajstić information content (AvgIpc) is 3.09. The largest absolute Gasteiger partial charge is 0.326 e. The van der Waals surface area contributed by atoms with Gasteiger partial charge in [-0.15, -0.1) is 0 Å². The van der Waals surface area contributed by atoms with E-state index in [2.05, 4.69) is 20.8 Å². The third-order valence-corrected chi connectivity index (χ3v) is 3.79. The Morgan fingerprint density at radius 3 is 2.76 bits per heavy atom. The molecule has 2 N–H and O–H groups in total. The third kappa shape index (κ3) is 3.24. The van der Waals surface area contributed by atoms with Gasteiger partial charge in [0.2, 0.25) is 0 Å². The zero-order valence-electron chi connectivity index (χ0n) is 12.1. The quantitative estimate of drug-likeness (QED) is 0.911. The van der Waals surface area contributed by atoms with Crippen LogP contribution >= 0.6 is 0 Å². The average molecular weight is 288 g/mol. The Labute approximate surface area is 123 Å². The fourth-order valence-electron chi connectivity index (χ4n) is 2.78. The van der Waals surface area contributed by atoms with Crippen molar-refractivity contribution in [3.63, 3.8) is 0 Å². The highest BCUT2D eigenvalue weighted by molar-refractivity contribution is 5.98. The molecule has 2 aromatic rings. The Morgan fingerprint density at radius 2 is 2.05 bits per heavy atom. The molecule has 0 aromatic carbocycles. The van der Waals surface area contributed by atoms with E-state index in [1.807, 2.05) is 10.7 Å². The maximum absolute atomic E-state index is 12.0. The summed E-state index contributed by atoms with van der Waals surface area (Å²) in [6.45, 7) is 0. The Bertz CT molecular complexity index is 611. The van der Waals surface area contributed by atoms with Crippen molar-refractivity contribution in [2.24, 2.45) is 7.05 Å². The standard InChI is InChI=1S/C14H20N6O/c1-19-10-8-12(18-19)16-14(21)17-13-7-9-15-20(13)11-5-3-2-4-6-11/h7-11H,2-6H2,1H3,(H2,16,17,18,21). The Kier molecular flexibility index (Phi) is 3.89. The van der Waals surface area contributed by atoms with Gasteiger partial charge < -0.3 is 0 Å². The first kappa shape index (κ1) is 13.7. The number of hydrogen-bond acceptors (Lipinski definition) is 3. The van der Waals surface area contributed by atoms with Crippen LogP contribution in [-0.2, 0) is 7.05 Å². The summed E-state index contributed by atoms with van der Waals surface area (Å²) in [5, 5.41) is 14.0. The molecular formula is C14H20N6O. The molecule has 112 valence electrons. The van der Waals surface area contributed by atoms with Crippen LogP contribution in [0.3, 0.4) is 0 Å². The first-order valence-electron chi connectivity index (χ1n) is 7.33. The second kappa shape index (κ2) is 5.99. The molecule has 0 radical (unpaired) electrons. The molecular weight excluding hydrogens is 268 g/mol. The minimum atomic E-state index is -0.300. The van der Waals surface area contributed by atoms with E-state index in [1.54, 1.807) is 30.2 Å². The van der Waals surface area contributed by atoms with Gasteiger partial charge in [0, 0.05) is 25.4 Å². The van der Waals surface area contributed by atoms with Crippen molar-refractivity contribution in [1.82, 2.24) is 19.6 Å². The molecule has 0 aliphatic heterocycles. The molecule has 0 spiro atoms. The van der Waals surface area contributed by atoms with Crippen molar-refractivity contribution < 1.29 is 4.79 Å². The molecule has 2 amide bonds. The fourth-order valence-corrected chi connectivity index (χ4v) is 2.78. The molecule has 3 rings (SSSR count). The number of nitrogens with one attached hydrogen (secondary N) is 2. The van der Waals surface area contributed by atoms with Crippen LogP contribution in [0.1, 0.15) is 38.1 Å². The Balaban J connectivity index is 1.64. The zero-order chi connectivity index (χ0) is 14.7. The smallest absolute Gasteiger partial charge is 0.292 e. The van der Waals surface area contributed by atoms with Gasteiger partial charge in [-0.3, -0.25) is 15.3 Å². The van der Waals surface area contributed by atoms with E-state index in [-0.39, 0.29) is 6.03 Å². The van der Waals surface area contributed by atoms with Gasteiger partial charge >= 0.3 is 6.03 Å². The van der Waals surface area contributed by atoms with Crippen LogP contribution in [0, 0.1) is 0 Å². The van der Waals surface area contributed by atoms with Gasteiger partial charge in [0.05, 0.1) is 12.2 Å². The third-order valence-electron chi connectivity index (χ3n) is 3.79. The van der Waals surface area contributed by atoms with Crippen LogP contribution in [0.15, 0.2) is 24.5 Å². The van der Waals surface area contributed by atoms with Gasteiger partial charge in [-0.05, 0) is 12.8 Å². The summed E-state index contributed by atoms with van der Waals surface area (Å²) in [6.07, 6.45) is 9.50. The molecule has 1 fully saturated rings. The van der Waals surface area contributed by atoms with Crippen molar-refractivity contribution >= 4 is 17.7 Å². The number of aromatic nitrogens is 4. The van der Waals surface area contributed by atoms with Crippen molar-refractivity contribution in [3.8, 4) is 0 Å². The van der Waals surface area contributed by atoms with E-state index >= 15 is 0 Å². The molecule has 1 saturated carbocycles. The lowest BCUT2D eigenvalue weighted by atomic mass is 9.96. The van der Waals surface area contributed by atoms with Crippen LogP contribution in [-0.4, -0.2) is 25.6 Å². The lowest BCUT2D eigenvalue weighted by Crippen LogP contribution is -2.24. The maximum Gasteiger partial charge on any atom is 0.326 e. The molecule has 21 heavy (non-hydrogen) atoms. The second-order valence-corrected chi connectivity index (χ2v) is 5.41. The Morgan fingerprint density at radius 1 is 1.24 bits per heavy atom. The number of hydrogen-bond donors (Lipinski definition) is 2. The van der Waals surface area contributed by atoms with E-state index in [1.165, 1.54) is 19.3 Å². The number of rotatable bonds is 3. The van der Waals surface area contributed by atoms with E-state index in [0.29, 0.717) is 11.9 Å². The topological polar surface area (TPSA) is 76.8 Å². The van der Waals surface area contributed by atoms with E-state index < -0.39 is 0 Å². The van der Waals surface area contributed by atoms with Crippen molar-refractivity contribution in [1.29, 1.82) is 0 Å². The zero-order valence-corrected chi connectivity index (χ0v) is 12.1. The van der Waals surface area contributed by atoms with E-state index in [0.717, 1.165) is 18.7 Å².